The molecule has 0 radical (unpaired) electrons. The largest absolute Gasteiger partial charge is 0.379 e. The van der Waals surface area contributed by atoms with Gasteiger partial charge < -0.3 is 15.0 Å². The van der Waals surface area contributed by atoms with Crippen molar-refractivity contribution in [2.45, 2.75) is 13.5 Å². The summed E-state index contributed by atoms with van der Waals surface area (Å²) in [5.41, 5.74) is 1.10. The molecule has 0 atom stereocenters. The van der Waals surface area contributed by atoms with E-state index in [4.69, 9.17) is 4.74 Å². The van der Waals surface area contributed by atoms with Crippen molar-refractivity contribution in [1.82, 2.24) is 20.1 Å². The lowest BCUT2D eigenvalue weighted by molar-refractivity contribution is 0.0346. The van der Waals surface area contributed by atoms with Crippen LogP contribution in [-0.2, 0) is 11.3 Å². The average molecular weight is 292 g/mol. The summed E-state index contributed by atoms with van der Waals surface area (Å²) in [6.07, 6.45) is 3.51. The van der Waals surface area contributed by atoms with Gasteiger partial charge in [0.05, 0.1) is 13.2 Å². The number of aromatic nitrogens is 1. The number of carbonyl (C=O) groups is 1. The second-order valence-corrected chi connectivity index (χ2v) is 5.07. The molecule has 1 aromatic heterocycles. The molecule has 21 heavy (non-hydrogen) atoms. The molecule has 1 aliphatic heterocycles. The zero-order valence-corrected chi connectivity index (χ0v) is 12.6. The molecule has 1 aliphatic rings. The second-order valence-electron chi connectivity index (χ2n) is 5.07. The zero-order chi connectivity index (χ0) is 14.9. The molecule has 1 saturated heterocycles. The fourth-order valence-electron chi connectivity index (χ4n) is 2.31. The van der Waals surface area contributed by atoms with Crippen LogP contribution < -0.4 is 5.32 Å². The van der Waals surface area contributed by atoms with Crippen LogP contribution in [0.2, 0.25) is 0 Å². The average Bonchev–Trinajstić information content (AvgIpc) is 2.53. The van der Waals surface area contributed by atoms with E-state index >= 15 is 0 Å². The highest BCUT2D eigenvalue weighted by Gasteiger charge is 2.16. The predicted molar refractivity (Wildman–Crippen MR) is 81.0 cm³/mol. The van der Waals surface area contributed by atoms with Crippen LogP contribution in [0.25, 0.3) is 0 Å². The Hall–Kier alpha value is -1.66. The minimum absolute atomic E-state index is 0.0115. The number of carbonyl (C=O) groups excluding carboxylic acids is 1. The molecule has 2 rings (SSSR count). The summed E-state index contributed by atoms with van der Waals surface area (Å²) in [5.74, 6) is 0. The van der Waals surface area contributed by atoms with Crippen molar-refractivity contribution in [2.24, 2.45) is 0 Å². The van der Waals surface area contributed by atoms with E-state index in [2.05, 4.69) is 15.2 Å². The third-order valence-electron chi connectivity index (χ3n) is 3.53. The summed E-state index contributed by atoms with van der Waals surface area (Å²) in [4.78, 5) is 20.4. The van der Waals surface area contributed by atoms with Gasteiger partial charge in [-0.05, 0) is 24.6 Å². The quantitative estimate of drug-likeness (QED) is 0.848. The highest BCUT2D eigenvalue weighted by atomic mass is 16.5. The number of morpholine rings is 1. The summed E-state index contributed by atoms with van der Waals surface area (Å²) < 4.78 is 5.35. The number of nitrogens with zero attached hydrogens (tertiary/aromatic N) is 3. The first-order valence-electron chi connectivity index (χ1n) is 7.51. The first-order valence-corrected chi connectivity index (χ1v) is 7.51. The molecule has 2 amide bonds. The van der Waals surface area contributed by atoms with Crippen molar-refractivity contribution in [3.8, 4) is 0 Å². The number of ether oxygens (including phenoxy) is 1. The lowest BCUT2D eigenvalue weighted by atomic mass is 10.2. The normalized spacial score (nSPS) is 15.7. The van der Waals surface area contributed by atoms with E-state index in [1.54, 1.807) is 12.4 Å². The van der Waals surface area contributed by atoms with Gasteiger partial charge in [-0.25, -0.2) is 4.79 Å². The summed E-state index contributed by atoms with van der Waals surface area (Å²) >= 11 is 0. The highest BCUT2D eigenvalue weighted by Crippen LogP contribution is 2.05. The van der Waals surface area contributed by atoms with Crippen LogP contribution in [0, 0.1) is 0 Å². The molecule has 0 spiro atoms. The van der Waals surface area contributed by atoms with Crippen molar-refractivity contribution in [3.63, 3.8) is 0 Å². The van der Waals surface area contributed by atoms with Gasteiger partial charge in [-0.15, -0.1) is 0 Å². The third kappa shape index (κ3) is 5.32. The van der Waals surface area contributed by atoms with E-state index in [1.165, 1.54) is 0 Å². The predicted octanol–water partition coefficient (Wildman–Crippen LogP) is 0.945. The summed E-state index contributed by atoms with van der Waals surface area (Å²) in [5, 5.41) is 2.88. The van der Waals surface area contributed by atoms with Crippen molar-refractivity contribution in [1.29, 1.82) is 0 Å². The smallest absolute Gasteiger partial charge is 0.317 e. The van der Waals surface area contributed by atoms with Crippen LogP contribution in [-0.4, -0.2) is 66.8 Å². The van der Waals surface area contributed by atoms with E-state index < -0.39 is 0 Å². The molecule has 1 fully saturated rings. The van der Waals surface area contributed by atoms with Gasteiger partial charge in [0, 0.05) is 51.7 Å². The molecule has 0 unspecified atom stereocenters. The van der Waals surface area contributed by atoms with Crippen LogP contribution in [0.4, 0.5) is 4.79 Å². The molecule has 6 nitrogen and oxygen atoms in total. The molecule has 0 saturated carbocycles. The van der Waals surface area contributed by atoms with Gasteiger partial charge in [-0.2, -0.15) is 0 Å². The summed E-state index contributed by atoms with van der Waals surface area (Å²) in [6, 6.07) is 3.88. The number of rotatable bonds is 6. The van der Waals surface area contributed by atoms with Gasteiger partial charge in [0.15, 0.2) is 0 Å². The highest BCUT2D eigenvalue weighted by molar-refractivity contribution is 5.74. The fourth-order valence-corrected chi connectivity index (χ4v) is 2.31. The van der Waals surface area contributed by atoms with Crippen LogP contribution in [0.1, 0.15) is 12.5 Å². The first kappa shape index (κ1) is 15.7. The monoisotopic (exact) mass is 292 g/mol. The Morgan fingerprint density at radius 3 is 2.76 bits per heavy atom. The van der Waals surface area contributed by atoms with E-state index in [9.17, 15) is 4.79 Å². The Morgan fingerprint density at radius 2 is 2.10 bits per heavy atom. The minimum atomic E-state index is -0.0115. The van der Waals surface area contributed by atoms with E-state index in [0.717, 1.165) is 38.4 Å². The Bertz CT molecular complexity index is 421. The number of hydrogen-bond acceptors (Lipinski definition) is 4. The fraction of sp³-hybridized carbons (Fsp3) is 0.600. The van der Waals surface area contributed by atoms with Gasteiger partial charge in [-0.1, -0.05) is 0 Å². The van der Waals surface area contributed by atoms with Crippen molar-refractivity contribution in [2.75, 3.05) is 45.9 Å². The molecule has 1 N–H and O–H groups in total. The van der Waals surface area contributed by atoms with Crippen LogP contribution in [0.5, 0.6) is 0 Å². The van der Waals surface area contributed by atoms with E-state index in [-0.39, 0.29) is 6.03 Å². The summed E-state index contributed by atoms with van der Waals surface area (Å²) in [7, 11) is 0. The summed E-state index contributed by atoms with van der Waals surface area (Å²) in [6.45, 7) is 8.24. The zero-order valence-electron chi connectivity index (χ0n) is 12.6. The molecule has 0 aliphatic carbocycles. The van der Waals surface area contributed by atoms with Crippen LogP contribution >= 0.6 is 0 Å². The molecule has 2 heterocycles. The molecule has 0 bridgehead atoms. The van der Waals surface area contributed by atoms with Crippen molar-refractivity contribution < 1.29 is 9.53 Å². The number of urea groups is 1. The van der Waals surface area contributed by atoms with Gasteiger partial charge in [0.2, 0.25) is 0 Å². The van der Waals surface area contributed by atoms with Gasteiger partial charge in [-0.3, -0.25) is 9.88 Å². The molecule has 6 heteroatoms. The van der Waals surface area contributed by atoms with Gasteiger partial charge in [0.25, 0.3) is 0 Å². The maximum atomic E-state index is 12.2. The maximum Gasteiger partial charge on any atom is 0.317 e. The maximum absolute atomic E-state index is 12.2. The molecule has 116 valence electrons. The minimum Gasteiger partial charge on any atom is -0.379 e. The van der Waals surface area contributed by atoms with Gasteiger partial charge >= 0.3 is 6.03 Å². The van der Waals surface area contributed by atoms with Crippen molar-refractivity contribution >= 4 is 6.03 Å². The Labute approximate surface area is 126 Å². The third-order valence-corrected chi connectivity index (χ3v) is 3.53. The van der Waals surface area contributed by atoms with Crippen LogP contribution in [0.3, 0.4) is 0 Å². The lowest BCUT2D eigenvalue weighted by Gasteiger charge is -2.30. The standard InChI is InChI=1S/C15H24N4O2/c1-2-17-15(20)19(13-14-3-5-16-6-4-14)8-7-18-9-11-21-12-10-18/h3-6H,2,7-13H2,1H3,(H,17,20). The molecule has 1 aromatic rings. The van der Waals surface area contributed by atoms with Crippen molar-refractivity contribution in [3.05, 3.63) is 30.1 Å². The Morgan fingerprint density at radius 1 is 1.38 bits per heavy atom. The number of nitrogens with one attached hydrogen (secondary N) is 1. The number of amides is 2. The molecular formula is C15H24N4O2. The topological polar surface area (TPSA) is 57.7 Å². The van der Waals surface area contributed by atoms with E-state index in [0.29, 0.717) is 19.6 Å². The second kappa shape index (κ2) is 8.59. The lowest BCUT2D eigenvalue weighted by Crippen LogP contribution is -2.45. The number of pyridine rings is 1. The SMILES string of the molecule is CCNC(=O)N(CCN1CCOCC1)Cc1ccncc1. The van der Waals surface area contributed by atoms with E-state index in [1.807, 2.05) is 24.0 Å². The van der Waals surface area contributed by atoms with Crippen LogP contribution in [0.15, 0.2) is 24.5 Å². The molecule has 0 aromatic carbocycles. The van der Waals surface area contributed by atoms with Gasteiger partial charge in [0.1, 0.15) is 0 Å². The Kier molecular flexibility index (Phi) is 6.43. The Balaban J connectivity index is 1.89. The number of hydrogen-bond donors (Lipinski definition) is 1. The first-order chi connectivity index (χ1) is 10.3. The molecular weight excluding hydrogens is 268 g/mol.